The molecule has 168 valence electrons. The van der Waals surface area contributed by atoms with E-state index in [0.717, 1.165) is 36.1 Å². The van der Waals surface area contributed by atoms with Crippen molar-refractivity contribution in [1.82, 2.24) is 9.36 Å². The molecule has 3 aromatic rings. The van der Waals surface area contributed by atoms with Crippen LogP contribution in [0.5, 0.6) is 10.9 Å². The van der Waals surface area contributed by atoms with Gasteiger partial charge >= 0.3 is 0 Å². The first kappa shape index (κ1) is 25.3. The summed E-state index contributed by atoms with van der Waals surface area (Å²) in [5.74, 6) is 1.54. The Morgan fingerprint density at radius 2 is 1.74 bits per heavy atom. The van der Waals surface area contributed by atoms with Gasteiger partial charge in [-0.15, -0.1) is 12.4 Å². The third kappa shape index (κ3) is 6.52. The third-order valence-electron chi connectivity index (χ3n) is 5.56. The second-order valence-corrected chi connectivity index (χ2v) is 9.78. The van der Waals surface area contributed by atoms with E-state index in [0.29, 0.717) is 11.0 Å². The average molecular weight is 460 g/mol. The van der Waals surface area contributed by atoms with Crippen molar-refractivity contribution in [3.8, 4) is 22.3 Å². The molecule has 0 aliphatic heterocycles. The predicted octanol–water partition coefficient (Wildman–Crippen LogP) is 7.00. The van der Waals surface area contributed by atoms with E-state index in [-0.39, 0.29) is 23.9 Å². The molecule has 0 saturated heterocycles. The van der Waals surface area contributed by atoms with Crippen molar-refractivity contribution in [3.05, 3.63) is 58.7 Å². The van der Waals surface area contributed by atoms with Gasteiger partial charge in [-0.25, -0.2) is 0 Å². The Kier molecular flexibility index (Phi) is 8.64. The molecule has 6 heteroatoms. The molecule has 0 aliphatic rings. The monoisotopic (exact) mass is 459 g/mol. The van der Waals surface area contributed by atoms with Crippen molar-refractivity contribution in [2.75, 3.05) is 0 Å². The number of halogens is 1. The highest BCUT2D eigenvalue weighted by Crippen LogP contribution is 2.32. The maximum atomic E-state index is 6.09. The molecule has 1 aromatic heterocycles. The molecule has 0 aliphatic carbocycles. The van der Waals surface area contributed by atoms with Gasteiger partial charge in [0, 0.05) is 23.1 Å². The molecule has 2 N–H and O–H groups in total. The molecule has 0 spiro atoms. The van der Waals surface area contributed by atoms with Crippen LogP contribution < -0.4 is 10.5 Å². The summed E-state index contributed by atoms with van der Waals surface area (Å²) >= 11 is 1.29. The Labute approximate surface area is 196 Å². The predicted molar refractivity (Wildman–Crippen MR) is 134 cm³/mol. The van der Waals surface area contributed by atoms with E-state index in [2.05, 4.69) is 87.3 Å². The smallest absolute Gasteiger partial charge is 0.299 e. The lowest BCUT2D eigenvalue weighted by Gasteiger charge is -2.18. The van der Waals surface area contributed by atoms with Crippen molar-refractivity contribution < 1.29 is 4.74 Å². The molecule has 0 amide bonds. The van der Waals surface area contributed by atoms with Gasteiger partial charge in [0.05, 0.1) is 0 Å². The molecule has 1 unspecified atom stereocenters. The minimum Gasteiger partial charge on any atom is -0.430 e. The van der Waals surface area contributed by atoms with Gasteiger partial charge in [-0.2, -0.15) is 9.36 Å². The molecule has 0 bridgehead atoms. The number of nitrogens with two attached hydrogens (primary N) is 1. The van der Waals surface area contributed by atoms with Crippen LogP contribution in [-0.4, -0.2) is 15.4 Å². The number of hydrogen-bond donors (Lipinski definition) is 1. The van der Waals surface area contributed by atoms with Gasteiger partial charge in [-0.3, -0.25) is 0 Å². The SMILES string of the molecule is CCC(N)CCc1cc(C)c(Oc2nc(-c3ccc(C(C)(C)C)cc3)ns2)cc1C.Cl. The first-order chi connectivity index (χ1) is 14.2. The first-order valence-corrected chi connectivity index (χ1v) is 11.4. The fourth-order valence-corrected chi connectivity index (χ4v) is 3.92. The lowest BCUT2D eigenvalue weighted by atomic mass is 9.87. The van der Waals surface area contributed by atoms with E-state index < -0.39 is 0 Å². The molecule has 4 nitrogen and oxygen atoms in total. The van der Waals surface area contributed by atoms with Crippen LogP contribution >= 0.6 is 23.9 Å². The Morgan fingerprint density at radius 1 is 1.06 bits per heavy atom. The minimum atomic E-state index is 0. The zero-order valence-electron chi connectivity index (χ0n) is 19.4. The number of rotatable bonds is 7. The molecule has 0 radical (unpaired) electrons. The Bertz CT molecular complexity index is 993. The van der Waals surface area contributed by atoms with E-state index in [1.54, 1.807) is 0 Å². The molecular formula is C25H34ClN3OS. The van der Waals surface area contributed by atoms with Crippen LogP contribution in [0.2, 0.25) is 0 Å². The summed E-state index contributed by atoms with van der Waals surface area (Å²) in [5.41, 5.74) is 12.2. The van der Waals surface area contributed by atoms with Crippen LogP contribution in [0.25, 0.3) is 11.4 Å². The Morgan fingerprint density at radius 3 is 2.35 bits per heavy atom. The molecule has 1 atom stereocenters. The summed E-state index contributed by atoms with van der Waals surface area (Å²) in [5, 5.41) is 0.563. The number of benzene rings is 2. The zero-order valence-corrected chi connectivity index (χ0v) is 21.0. The standard InChI is InChI=1S/C25H33N3OS.ClH/c1-7-21(26)13-10-19-14-17(3)22(15-16(19)2)29-24-27-23(28-30-24)18-8-11-20(12-9-18)25(4,5)6;/h8-9,11-12,14-15,21H,7,10,13,26H2,1-6H3;1H. The van der Waals surface area contributed by atoms with Crippen LogP contribution in [0.4, 0.5) is 0 Å². The van der Waals surface area contributed by atoms with Crippen LogP contribution in [0.3, 0.4) is 0 Å². The van der Waals surface area contributed by atoms with Crippen molar-refractivity contribution in [2.45, 2.75) is 72.3 Å². The molecule has 31 heavy (non-hydrogen) atoms. The number of nitrogens with zero attached hydrogens (tertiary/aromatic N) is 2. The van der Waals surface area contributed by atoms with E-state index in [1.807, 2.05) is 0 Å². The topological polar surface area (TPSA) is 61.0 Å². The van der Waals surface area contributed by atoms with Crippen LogP contribution in [0.1, 0.15) is 62.8 Å². The van der Waals surface area contributed by atoms with Gasteiger partial charge in [0.1, 0.15) is 5.75 Å². The van der Waals surface area contributed by atoms with Crippen LogP contribution in [-0.2, 0) is 11.8 Å². The second-order valence-electron chi connectivity index (χ2n) is 9.06. The zero-order chi connectivity index (χ0) is 21.9. The summed E-state index contributed by atoms with van der Waals surface area (Å²) in [6.45, 7) is 13.0. The van der Waals surface area contributed by atoms with E-state index in [4.69, 9.17) is 10.5 Å². The average Bonchev–Trinajstić information content (AvgIpc) is 3.17. The maximum Gasteiger partial charge on any atom is 0.299 e. The highest BCUT2D eigenvalue weighted by atomic mass is 35.5. The number of hydrogen-bond acceptors (Lipinski definition) is 5. The lowest BCUT2D eigenvalue weighted by molar-refractivity contribution is 0.474. The normalized spacial score (nSPS) is 12.4. The summed E-state index contributed by atoms with van der Waals surface area (Å²) in [4.78, 5) is 4.60. The molecule has 0 fully saturated rings. The second kappa shape index (κ2) is 10.6. The summed E-state index contributed by atoms with van der Waals surface area (Å²) in [6.07, 6.45) is 3.01. The van der Waals surface area contributed by atoms with Crippen molar-refractivity contribution in [2.24, 2.45) is 5.73 Å². The van der Waals surface area contributed by atoms with Crippen LogP contribution in [0.15, 0.2) is 36.4 Å². The van der Waals surface area contributed by atoms with Crippen LogP contribution in [0, 0.1) is 13.8 Å². The highest BCUT2D eigenvalue weighted by molar-refractivity contribution is 7.07. The molecular weight excluding hydrogens is 426 g/mol. The maximum absolute atomic E-state index is 6.09. The first-order valence-electron chi connectivity index (χ1n) is 10.7. The molecule has 2 aromatic carbocycles. The van der Waals surface area contributed by atoms with E-state index in [9.17, 15) is 0 Å². The van der Waals surface area contributed by atoms with Gasteiger partial charge < -0.3 is 10.5 Å². The minimum absolute atomic E-state index is 0. The number of aromatic nitrogens is 2. The Balaban J connectivity index is 0.00000341. The Hall–Kier alpha value is -1.95. The summed E-state index contributed by atoms with van der Waals surface area (Å²) in [6, 6.07) is 13.0. The highest BCUT2D eigenvalue weighted by Gasteiger charge is 2.15. The van der Waals surface area contributed by atoms with Gasteiger partial charge in [0.25, 0.3) is 5.19 Å². The van der Waals surface area contributed by atoms with E-state index >= 15 is 0 Å². The summed E-state index contributed by atoms with van der Waals surface area (Å²) < 4.78 is 10.6. The fourth-order valence-electron chi connectivity index (χ4n) is 3.36. The molecule has 0 saturated carbocycles. The quantitative estimate of drug-likeness (QED) is 0.413. The van der Waals surface area contributed by atoms with E-state index in [1.165, 1.54) is 28.2 Å². The van der Waals surface area contributed by atoms with Gasteiger partial charge in [-0.1, -0.05) is 58.0 Å². The summed E-state index contributed by atoms with van der Waals surface area (Å²) in [7, 11) is 0. The fraction of sp³-hybridized carbons (Fsp3) is 0.440. The lowest BCUT2D eigenvalue weighted by Crippen LogP contribution is -2.19. The van der Waals surface area contributed by atoms with Crippen molar-refractivity contribution in [3.63, 3.8) is 0 Å². The number of ether oxygens (including phenoxy) is 1. The third-order valence-corrected chi connectivity index (χ3v) is 6.15. The van der Waals surface area contributed by atoms with Gasteiger partial charge in [-0.05, 0) is 66.8 Å². The molecule has 3 rings (SSSR count). The van der Waals surface area contributed by atoms with Gasteiger partial charge in [0.2, 0.25) is 0 Å². The van der Waals surface area contributed by atoms with Crippen molar-refractivity contribution >= 4 is 23.9 Å². The van der Waals surface area contributed by atoms with Gasteiger partial charge in [0.15, 0.2) is 5.82 Å². The van der Waals surface area contributed by atoms with Crippen molar-refractivity contribution in [1.29, 1.82) is 0 Å². The molecule has 1 heterocycles. The number of aryl methyl sites for hydroxylation is 3. The largest absolute Gasteiger partial charge is 0.430 e.